The highest BCUT2D eigenvalue weighted by Crippen LogP contribution is 2.39. The van der Waals surface area contributed by atoms with Gasteiger partial charge >= 0.3 is 0 Å². The highest BCUT2D eigenvalue weighted by Gasteiger charge is 2.20. The van der Waals surface area contributed by atoms with Crippen LogP contribution < -0.4 is 0 Å². The van der Waals surface area contributed by atoms with Gasteiger partial charge in [-0.2, -0.15) is 9.97 Å². The van der Waals surface area contributed by atoms with Gasteiger partial charge in [0.25, 0.3) is 0 Å². The summed E-state index contributed by atoms with van der Waals surface area (Å²) in [6.45, 7) is 0. The molecule has 258 valence electrons. The molecule has 0 saturated heterocycles. The fourth-order valence-electron chi connectivity index (χ4n) is 7.63. The molecule has 0 N–H and O–H groups in total. The predicted molar refractivity (Wildman–Crippen MR) is 224 cm³/mol. The summed E-state index contributed by atoms with van der Waals surface area (Å²) in [6.07, 6.45) is 0. The van der Waals surface area contributed by atoms with Crippen molar-refractivity contribution in [3.05, 3.63) is 176 Å². The van der Waals surface area contributed by atoms with Gasteiger partial charge in [-0.05, 0) is 48.5 Å². The van der Waals surface area contributed by atoms with Crippen LogP contribution >= 0.6 is 11.3 Å². The second-order valence-electron chi connectivity index (χ2n) is 13.4. The van der Waals surface area contributed by atoms with E-state index in [2.05, 4.69) is 124 Å². The van der Waals surface area contributed by atoms with Crippen molar-refractivity contribution >= 4 is 54.9 Å². The van der Waals surface area contributed by atoms with Crippen molar-refractivity contribution in [2.24, 2.45) is 0 Å². The van der Waals surface area contributed by atoms with Crippen molar-refractivity contribution in [3.8, 4) is 55.6 Å². The first-order valence-corrected chi connectivity index (χ1v) is 18.9. The summed E-state index contributed by atoms with van der Waals surface area (Å²) in [4.78, 5) is 15.1. The van der Waals surface area contributed by atoms with Crippen molar-refractivity contribution < 1.29 is 0 Å². The third kappa shape index (κ3) is 5.22. The first-order valence-electron chi connectivity index (χ1n) is 18.1. The molecule has 7 nitrogen and oxygen atoms in total. The van der Waals surface area contributed by atoms with Gasteiger partial charge in [0.2, 0.25) is 5.95 Å². The minimum atomic E-state index is 0.563. The third-order valence-corrected chi connectivity index (χ3v) is 11.2. The lowest BCUT2D eigenvalue weighted by atomic mass is 10.1. The van der Waals surface area contributed by atoms with Crippen LogP contribution in [0.3, 0.4) is 0 Å². The molecule has 7 aromatic carbocycles. The molecule has 4 heterocycles. The quantitative estimate of drug-likeness (QED) is 0.171. The van der Waals surface area contributed by atoms with Crippen LogP contribution in [0.4, 0.5) is 0 Å². The number of rotatable bonds is 6. The number of aromatic nitrogens is 7. The van der Waals surface area contributed by atoms with Crippen molar-refractivity contribution in [3.63, 3.8) is 0 Å². The number of hydrogen-bond acceptors (Lipinski definition) is 6. The molecule has 4 aromatic heterocycles. The highest BCUT2D eigenvalue weighted by molar-refractivity contribution is 7.17. The van der Waals surface area contributed by atoms with Gasteiger partial charge in [0.15, 0.2) is 11.6 Å². The van der Waals surface area contributed by atoms with Crippen LogP contribution in [0, 0.1) is 0 Å². The van der Waals surface area contributed by atoms with Gasteiger partial charge in [-0.1, -0.05) is 139 Å². The van der Waals surface area contributed by atoms with E-state index in [1.165, 1.54) is 16.3 Å². The summed E-state index contributed by atoms with van der Waals surface area (Å²) in [5.41, 5.74) is 9.35. The summed E-state index contributed by atoms with van der Waals surface area (Å²) in [5, 5.41) is 15.8. The summed E-state index contributed by atoms with van der Waals surface area (Å²) in [6, 6.07) is 60.7. The Morgan fingerprint density at radius 2 is 0.836 bits per heavy atom. The van der Waals surface area contributed by atoms with E-state index in [1.807, 2.05) is 60.7 Å². The summed E-state index contributed by atoms with van der Waals surface area (Å²) < 4.78 is 4.47. The highest BCUT2D eigenvalue weighted by atomic mass is 32.1. The van der Waals surface area contributed by atoms with Crippen LogP contribution in [0.2, 0.25) is 0 Å². The maximum Gasteiger partial charge on any atom is 0.238 e. The van der Waals surface area contributed by atoms with Gasteiger partial charge in [0.1, 0.15) is 10.0 Å². The molecule has 0 spiro atoms. The second-order valence-corrected chi connectivity index (χ2v) is 14.4. The van der Waals surface area contributed by atoms with Gasteiger partial charge in [0.05, 0.1) is 22.1 Å². The maximum atomic E-state index is 5.07. The van der Waals surface area contributed by atoms with Gasteiger partial charge in [-0.3, -0.25) is 4.57 Å². The van der Waals surface area contributed by atoms with Crippen molar-refractivity contribution in [1.82, 2.24) is 34.3 Å². The minimum Gasteiger partial charge on any atom is -0.309 e. The van der Waals surface area contributed by atoms with E-state index in [0.717, 1.165) is 65.3 Å². The van der Waals surface area contributed by atoms with Gasteiger partial charge in [-0.25, -0.2) is 4.98 Å². The number of para-hydroxylation sites is 3. The Kier molecular flexibility index (Phi) is 7.21. The van der Waals surface area contributed by atoms with Crippen LogP contribution in [0.25, 0.3) is 99.2 Å². The molecule has 11 aromatic rings. The molecule has 0 bridgehead atoms. The zero-order valence-corrected chi connectivity index (χ0v) is 30.1. The van der Waals surface area contributed by atoms with Crippen molar-refractivity contribution in [2.75, 3.05) is 0 Å². The maximum absolute atomic E-state index is 5.07. The number of nitrogens with zero attached hydrogens (tertiary/aromatic N) is 7. The summed E-state index contributed by atoms with van der Waals surface area (Å²) >= 11 is 1.60. The van der Waals surface area contributed by atoms with Crippen molar-refractivity contribution in [2.45, 2.75) is 0 Å². The normalized spacial score (nSPS) is 11.6. The van der Waals surface area contributed by atoms with E-state index in [4.69, 9.17) is 25.1 Å². The first kappa shape index (κ1) is 31.3. The predicted octanol–water partition coefficient (Wildman–Crippen LogP) is 11.6. The zero-order chi connectivity index (χ0) is 36.3. The Labute approximate surface area is 319 Å². The molecule has 0 amide bonds. The van der Waals surface area contributed by atoms with Crippen LogP contribution in [-0.4, -0.2) is 34.3 Å². The lowest BCUT2D eigenvalue weighted by Gasteiger charge is -2.11. The molecule has 11 rings (SSSR count). The third-order valence-electron chi connectivity index (χ3n) is 10.2. The molecular weight excluding hydrogens is 695 g/mol. The fourth-order valence-corrected chi connectivity index (χ4v) is 8.47. The molecule has 0 aliphatic carbocycles. The van der Waals surface area contributed by atoms with Crippen LogP contribution in [0.5, 0.6) is 0 Å². The number of fused-ring (bicyclic) bond motifs is 6. The summed E-state index contributed by atoms with van der Waals surface area (Å²) in [5.74, 6) is 1.81. The molecule has 0 aliphatic rings. The smallest absolute Gasteiger partial charge is 0.238 e. The van der Waals surface area contributed by atoms with Crippen LogP contribution in [0.15, 0.2) is 176 Å². The van der Waals surface area contributed by atoms with Crippen LogP contribution in [0.1, 0.15) is 0 Å². The lowest BCUT2D eigenvalue weighted by molar-refractivity contribution is 0.953. The molecule has 0 radical (unpaired) electrons. The molecular formula is C47H29N7S. The van der Waals surface area contributed by atoms with E-state index >= 15 is 0 Å². The lowest BCUT2D eigenvalue weighted by Crippen LogP contribution is -2.06. The summed E-state index contributed by atoms with van der Waals surface area (Å²) in [7, 11) is 0. The van der Waals surface area contributed by atoms with Crippen molar-refractivity contribution in [1.29, 1.82) is 0 Å². The van der Waals surface area contributed by atoms with E-state index in [9.17, 15) is 0 Å². The Morgan fingerprint density at radius 3 is 1.49 bits per heavy atom. The molecule has 0 aliphatic heterocycles. The van der Waals surface area contributed by atoms with Gasteiger partial charge in [-0.15, -0.1) is 10.2 Å². The molecule has 0 unspecified atom stereocenters. The Hall–Kier alpha value is -7.29. The monoisotopic (exact) mass is 723 g/mol. The van der Waals surface area contributed by atoms with Crippen LogP contribution in [-0.2, 0) is 0 Å². The standard InChI is InChI=1S/C47H29N7S/c1-4-14-30(15-5-1)43-48-44(31-16-6-2-7-17-31)50-47(49-43)54-40-23-13-11-21-36(40)38-28-32(25-27-41(38)54)45-51-52-46(55-45)33-24-26-37-35-20-10-12-22-39(35)53(42(37)29-33)34-18-8-3-9-19-34/h1-29H. The fraction of sp³-hybridized carbons (Fsp3) is 0. The van der Waals surface area contributed by atoms with E-state index in [-0.39, 0.29) is 0 Å². The van der Waals surface area contributed by atoms with Gasteiger partial charge in [0, 0.05) is 49.5 Å². The van der Waals surface area contributed by atoms with E-state index in [0.29, 0.717) is 17.6 Å². The molecule has 55 heavy (non-hydrogen) atoms. The van der Waals surface area contributed by atoms with Gasteiger partial charge < -0.3 is 4.57 Å². The Balaban J connectivity index is 1.03. The minimum absolute atomic E-state index is 0.563. The molecule has 8 heteroatoms. The zero-order valence-electron chi connectivity index (χ0n) is 29.3. The molecule has 0 fully saturated rings. The van der Waals surface area contributed by atoms with E-state index < -0.39 is 0 Å². The Morgan fingerprint density at radius 1 is 0.345 bits per heavy atom. The average Bonchev–Trinajstić information content (AvgIpc) is 3.97. The topological polar surface area (TPSA) is 74.3 Å². The second kappa shape index (κ2) is 12.7. The molecule has 0 atom stereocenters. The average molecular weight is 724 g/mol. The molecule has 0 saturated carbocycles. The number of benzene rings is 7. The SMILES string of the molecule is c1ccc(-c2nc(-c3ccccc3)nc(-n3c4ccccc4c4cc(-c5nnc(-c6ccc7c8ccccc8n(-c8ccccc8)c7c6)s5)ccc43)n2)cc1. The van der Waals surface area contributed by atoms with E-state index in [1.54, 1.807) is 11.3 Å². The first-order chi connectivity index (χ1) is 27.3. The number of hydrogen-bond donors (Lipinski definition) is 0. The largest absolute Gasteiger partial charge is 0.309 e. The Bertz CT molecular complexity index is 3140.